The summed E-state index contributed by atoms with van der Waals surface area (Å²) in [6.45, 7) is 5.85. The topological polar surface area (TPSA) is 49.3 Å². The van der Waals surface area contributed by atoms with Crippen LogP contribution in [0.3, 0.4) is 0 Å². The lowest BCUT2D eigenvalue weighted by atomic mass is 9.79. The van der Waals surface area contributed by atoms with Crippen LogP contribution in [-0.4, -0.2) is 28.6 Å². The van der Waals surface area contributed by atoms with Crippen molar-refractivity contribution < 1.29 is 9.90 Å². The number of ketones is 1. The highest BCUT2D eigenvalue weighted by Crippen LogP contribution is 2.30. The molecule has 1 saturated heterocycles. The lowest BCUT2D eigenvalue weighted by molar-refractivity contribution is -0.119. The van der Waals surface area contributed by atoms with Gasteiger partial charge in [0.2, 0.25) is 0 Å². The molecule has 14 heavy (non-hydrogen) atoms. The lowest BCUT2D eigenvalue weighted by Gasteiger charge is -2.45. The Morgan fingerprint density at radius 2 is 1.93 bits per heavy atom. The molecule has 0 radical (unpaired) electrons. The van der Waals surface area contributed by atoms with E-state index >= 15 is 0 Å². The third-order valence-electron chi connectivity index (χ3n) is 3.05. The van der Waals surface area contributed by atoms with Crippen molar-refractivity contribution in [1.29, 1.82) is 0 Å². The van der Waals surface area contributed by atoms with Crippen molar-refractivity contribution in [2.45, 2.75) is 57.5 Å². The van der Waals surface area contributed by atoms with E-state index in [0.717, 1.165) is 19.3 Å². The molecule has 3 nitrogen and oxygen atoms in total. The van der Waals surface area contributed by atoms with Crippen molar-refractivity contribution in [3.05, 3.63) is 0 Å². The number of piperidine rings is 1. The summed E-state index contributed by atoms with van der Waals surface area (Å²) in [5, 5.41) is 12.7. The summed E-state index contributed by atoms with van der Waals surface area (Å²) in [5.74, 6) is 0.210. The van der Waals surface area contributed by atoms with Gasteiger partial charge in [0.1, 0.15) is 5.78 Å². The van der Waals surface area contributed by atoms with Crippen LogP contribution in [0.4, 0.5) is 0 Å². The van der Waals surface area contributed by atoms with Gasteiger partial charge in [-0.25, -0.2) is 0 Å². The molecule has 2 atom stereocenters. The van der Waals surface area contributed by atoms with Gasteiger partial charge in [-0.15, -0.1) is 0 Å². The van der Waals surface area contributed by atoms with Crippen LogP contribution in [0.15, 0.2) is 0 Å². The second-order valence-electron chi connectivity index (χ2n) is 5.14. The zero-order valence-electron chi connectivity index (χ0n) is 9.39. The first-order valence-electron chi connectivity index (χ1n) is 5.29. The standard InChI is InChI=1S/C11H21NO2/c1-9(14)7-10(2)5-4-6-11(3,8-13)12-10/h12-13H,4-8H2,1-3H3. The maximum Gasteiger partial charge on any atom is 0.131 e. The van der Waals surface area contributed by atoms with Crippen LogP contribution in [0.2, 0.25) is 0 Å². The van der Waals surface area contributed by atoms with Gasteiger partial charge in [0.05, 0.1) is 6.61 Å². The quantitative estimate of drug-likeness (QED) is 0.719. The number of carbonyl (C=O) groups is 1. The molecule has 0 bridgehead atoms. The number of Topliss-reactive ketones (excluding diaryl/α,β-unsaturated/α-hetero) is 1. The van der Waals surface area contributed by atoms with E-state index in [1.165, 1.54) is 0 Å². The number of carbonyl (C=O) groups excluding carboxylic acids is 1. The highest BCUT2D eigenvalue weighted by atomic mass is 16.3. The SMILES string of the molecule is CC(=O)CC1(C)CCCC(C)(CO)N1. The maximum atomic E-state index is 11.1. The summed E-state index contributed by atoms with van der Waals surface area (Å²) in [6.07, 6.45) is 3.63. The minimum atomic E-state index is -0.206. The molecule has 1 heterocycles. The van der Waals surface area contributed by atoms with Gasteiger partial charge in [0, 0.05) is 17.5 Å². The van der Waals surface area contributed by atoms with Crippen LogP contribution in [0.25, 0.3) is 0 Å². The molecule has 1 aliphatic rings. The van der Waals surface area contributed by atoms with E-state index in [4.69, 9.17) is 0 Å². The molecular weight excluding hydrogens is 178 g/mol. The van der Waals surface area contributed by atoms with E-state index in [-0.39, 0.29) is 23.5 Å². The number of hydrogen-bond acceptors (Lipinski definition) is 3. The molecule has 2 unspecified atom stereocenters. The number of aliphatic hydroxyl groups is 1. The van der Waals surface area contributed by atoms with Crippen LogP contribution in [0, 0.1) is 0 Å². The molecule has 1 fully saturated rings. The van der Waals surface area contributed by atoms with Crippen LogP contribution >= 0.6 is 0 Å². The average Bonchev–Trinajstić information content (AvgIpc) is 2.01. The minimum Gasteiger partial charge on any atom is -0.394 e. The molecule has 3 heteroatoms. The predicted octanol–water partition coefficient (Wildman–Crippen LogP) is 1.25. The van der Waals surface area contributed by atoms with Crippen molar-refractivity contribution in [2.75, 3.05) is 6.61 Å². The molecule has 0 spiro atoms. The van der Waals surface area contributed by atoms with E-state index in [1.54, 1.807) is 6.92 Å². The Morgan fingerprint density at radius 1 is 1.36 bits per heavy atom. The lowest BCUT2D eigenvalue weighted by Crippen LogP contribution is -2.60. The second-order valence-corrected chi connectivity index (χ2v) is 5.14. The molecule has 1 rings (SSSR count). The Morgan fingerprint density at radius 3 is 2.43 bits per heavy atom. The third-order valence-corrected chi connectivity index (χ3v) is 3.05. The maximum absolute atomic E-state index is 11.1. The molecule has 2 N–H and O–H groups in total. The third kappa shape index (κ3) is 2.79. The smallest absolute Gasteiger partial charge is 0.131 e. The van der Waals surface area contributed by atoms with E-state index in [9.17, 15) is 9.90 Å². The monoisotopic (exact) mass is 199 g/mol. The van der Waals surface area contributed by atoms with Crippen LogP contribution in [0.5, 0.6) is 0 Å². The summed E-state index contributed by atoms with van der Waals surface area (Å²) in [5.41, 5.74) is -0.329. The zero-order valence-corrected chi connectivity index (χ0v) is 9.39. The molecule has 0 aromatic rings. The molecule has 0 amide bonds. The van der Waals surface area contributed by atoms with Crippen LogP contribution < -0.4 is 5.32 Å². The summed E-state index contributed by atoms with van der Waals surface area (Å²) >= 11 is 0. The van der Waals surface area contributed by atoms with Gasteiger partial charge in [-0.3, -0.25) is 4.79 Å². The van der Waals surface area contributed by atoms with Crippen molar-refractivity contribution in [2.24, 2.45) is 0 Å². The first kappa shape index (κ1) is 11.7. The molecular formula is C11H21NO2. The van der Waals surface area contributed by atoms with Gasteiger partial charge in [0.25, 0.3) is 0 Å². The fourth-order valence-electron chi connectivity index (χ4n) is 2.52. The van der Waals surface area contributed by atoms with E-state index in [2.05, 4.69) is 12.2 Å². The highest BCUT2D eigenvalue weighted by molar-refractivity contribution is 5.76. The summed E-state index contributed by atoms with van der Waals surface area (Å²) in [7, 11) is 0. The van der Waals surface area contributed by atoms with Crippen LogP contribution in [-0.2, 0) is 4.79 Å². The fourth-order valence-corrected chi connectivity index (χ4v) is 2.52. The summed E-state index contributed by atoms with van der Waals surface area (Å²) in [6, 6.07) is 0. The average molecular weight is 199 g/mol. The number of aliphatic hydroxyl groups excluding tert-OH is 1. The van der Waals surface area contributed by atoms with Gasteiger partial charge in [-0.1, -0.05) is 0 Å². The van der Waals surface area contributed by atoms with Gasteiger partial charge >= 0.3 is 0 Å². The Balaban J connectivity index is 2.66. The predicted molar refractivity (Wildman–Crippen MR) is 56.2 cm³/mol. The van der Waals surface area contributed by atoms with Gasteiger partial charge in [-0.05, 0) is 40.0 Å². The molecule has 82 valence electrons. The molecule has 0 aromatic carbocycles. The molecule has 0 saturated carbocycles. The van der Waals surface area contributed by atoms with E-state index in [0.29, 0.717) is 6.42 Å². The Kier molecular flexibility index (Phi) is 3.32. The zero-order chi connectivity index (χ0) is 10.8. The summed E-state index contributed by atoms with van der Waals surface area (Å²) in [4.78, 5) is 11.1. The van der Waals surface area contributed by atoms with Crippen molar-refractivity contribution in [3.8, 4) is 0 Å². The molecule has 0 aromatic heterocycles. The van der Waals surface area contributed by atoms with E-state index < -0.39 is 0 Å². The van der Waals surface area contributed by atoms with Crippen molar-refractivity contribution in [3.63, 3.8) is 0 Å². The molecule has 1 aliphatic heterocycles. The first-order valence-corrected chi connectivity index (χ1v) is 5.29. The fraction of sp³-hybridized carbons (Fsp3) is 0.909. The van der Waals surface area contributed by atoms with Crippen molar-refractivity contribution in [1.82, 2.24) is 5.32 Å². The Bertz CT molecular complexity index is 229. The number of hydrogen-bond donors (Lipinski definition) is 2. The number of rotatable bonds is 3. The largest absolute Gasteiger partial charge is 0.394 e. The summed E-state index contributed by atoms with van der Waals surface area (Å²) < 4.78 is 0. The van der Waals surface area contributed by atoms with Gasteiger partial charge in [0.15, 0.2) is 0 Å². The number of nitrogens with one attached hydrogen (secondary N) is 1. The van der Waals surface area contributed by atoms with Crippen molar-refractivity contribution >= 4 is 5.78 Å². The van der Waals surface area contributed by atoms with Gasteiger partial charge in [-0.2, -0.15) is 0 Å². The van der Waals surface area contributed by atoms with Crippen LogP contribution in [0.1, 0.15) is 46.5 Å². The Hall–Kier alpha value is -0.410. The second kappa shape index (κ2) is 3.99. The first-order chi connectivity index (χ1) is 6.39. The minimum absolute atomic E-state index is 0.123. The normalized spacial score (nSPS) is 38.3. The Labute approximate surface area is 85.9 Å². The highest BCUT2D eigenvalue weighted by Gasteiger charge is 2.38. The van der Waals surface area contributed by atoms with E-state index in [1.807, 2.05) is 6.92 Å². The molecule has 0 aliphatic carbocycles. The van der Waals surface area contributed by atoms with Gasteiger partial charge < -0.3 is 10.4 Å².